The molecule has 3 nitrogen and oxygen atoms in total. The fraction of sp³-hybridized carbons (Fsp3) is 0.667. The normalized spacial score (nSPS) is 19.6. The quantitative estimate of drug-likeness (QED) is 0.742. The fourth-order valence-electron chi connectivity index (χ4n) is 3.00. The Morgan fingerprint density at radius 1 is 1.24 bits per heavy atom. The molecule has 1 aromatic carbocycles. The Bertz CT molecular complexity index is 391. The van der Waals surface area contributed by atoms with Gasteiger partial charge in [0.15, 0.2) is 0 Å². The zero-order chi connectivity index (χ0) is 14.9. The number of hydrogen-bond acceptors (Lipinski definition) is 3. The van der Waals surface area contributed by atoms with Gasteiger partial charge in [0.2, 0.25) is 0 Å². The van der Waals surface area contributed by atoms with Gasteiger partial charge in [0.25, 0.3) is 0 Å². The first-order chi connectivity index (χ1) is 10.3. The van der Waals surface area contributed by atoms with Crippen molar-refractivity contribution in [3.63, 3.8) is 0 Å². The topological polar surface area (TPSA) is 24.5 Å². The Morgan fingerprint density at radius 2 is 2.05 bits per heavy atom. The summed E-state index contributed by atoms with van der Waals surface area (Å²) in [5, 5.41) is 3.54. The standard InChI is InChI=1S/C18H30N2O/c1-3-21-18-10-8-17(9-11-18)15-19-12-6-14-20-13-5-4-7-16(20)2/h8-11,16,19H,3-7,12-15H2,1-2H3. The lowest BCUT2D eigenvalue weighted by Gasteiger charge is -2.33. The average Bonchev–Trinajstić information content (AvgIpc) is 2.51. The highest BCUT2D eigenvalue weighted by Crippen LogP contribution is 2.16. The Balaban J connectivity index is 1.58. The summed E-state index contributed by atoms with van der Waals surface area (Å²) in [5.41, 5.74) is 1.32. The molecule has 3 heteroatoms. The van der Waals surface area contributed by atoms with Crippen molar-refractivity contribution in [1.29, 1.82) is 0 Å². The highest BCUT2D eigenvalue weighted by atomic mass is 16.5. The summed E-state index contributed by atoms with van der Waals surface area (Å²) in [4.78, 5) is 2.64. The van der Waals surface area contributed by atoms with Gasteiger partial charge in [-0.15, -0.1) is 0 Å². The van der Waals surface area contributed by atoms with Crippen molar-refractivity contribution in [2.75, 3.05) is 26.2 Å². The van der Waals surface area contributed by atoms with E-state index in [0.29, 0.717) is 0 Å². The minimum absolute atomic E-state index is 0.729. The average molecular weight is 290 g/mol. The maximum absolute atomic E-state index is 5.46. The first-order valence-corrected chi connectivity index (χ1v) is 8.46. The fourth-order valence-corrected chi connectivity index (χ4v) is 3.00. The van der Waals surface area contributed by atoms with Crippen LogP contribution in [0.2, 0.25) is 0 Å². The van der Waals surface area contributed by atoms with E-state index in [1.807, 2.05) is 6.92 Å². The Hall–Kier alpha value is -1.06. The molecule has 1 aliphatic heterocycles. The first kappa shape index (κ1) is 16.3. The molecule has 0 radical (unpaired) electrons. The van der Waals surface area contributed by atoms with Gasteiger partial charge in [-0.3, -0.25) is 0 Å². The van der Waals surface area contributed by atoms with Crippen molar-refractivity contribution in [3.05, 3.63) is 29.8 Å². The lowest BCUT2D eigenvalue weighted by molar-refractivity contribution is 0.159. The predicted molar refractivity (Wildman–Crippen MR) is 88.8 cm³/mol. The molecule has 118 valence electrons. The van der Waals surface area contributed by atoms with Crippen LogP contribution in [-0.4, -0.2) is 37.2 Å². The number of ether oxygens (including phenoxy) is 1. The van der Waals surface area contributed by atoms with Crippen LogP contribution < -0.4 is 10.1 Å². The van der Waals surface area contributed by atoms with Crippen molar-refractivity contribution >= 4 is 0 Å². The summed E-state index contributed by atoms with van der Waals surface area (Å²) in [7, 11) is 0. The van der Waals surface area contributed by atoms with Crippen LogP contribution in [0.4, 0.5) is 0 Å². The molecule has 1 fully saturated rings. The molecule has 21 heavy (non-hydrogen) atoms. The van der Waals surface area contributed by atoms with Crippen molar-refractivity contribution in [1.82, 2.24) is 10.2 Å². The molecule has 1 saturated heterocycles. The van der Waals surface area contributed by atoms with Crippen molar-refractivity contribution < 1.29 is 4.74 Å². The van der Waals surface area contributed by atoms with Gasteiger partial charge in [-0.25, -0.2) is 0 Å². The SMILES string of the molecule is CCOc1ccc(CNCCCN2CCCCC2C)cc1. The van der Waals surface area contributed by atoms with E-state index >= 15 is 0 Å². The minimum atomic E-state index is 0.729. The van der Waals surface area contributed by atoms with E-state index in [1.54, 1.807) is 0 Å². The molecule has 1 aromatic rings. The van der Waals surface area contributed by atoms with Gasteiger partial charge in [-0.2, -0.15) is 0 Å². The number of likely N-dealkylation sites (tertiary alicyclic amines) is 1. The van der Waals surface area contributed by atoms with Gasteiger partial charge in [0.1, 0.15) is 5.75 Å². The summed E-state index contributed by atoms with van der Waals surface area (Å²) in [6, 6.07) is 9.17. The molecule has 1 heterocycles. The third-order valence-electron chi connectivity index (χ3n) is 4.30. The van der Waals surface area contributed by atoms with Crippen LogP contribution >= 0.6 is 0 Å². The third-order valence-corrected chi connectivity index (χ3v) is 4.30. The maximum Gasteiger partial charge on any atom is 0.119 e. The van der Waals surface area contributed by atoms with Gasteiger partial charge in [0, 0.05) is 12.6 Å². The molecular weight excluding hydrogens is 260 g/mol. The highest BCUT2D eigenvalue weighted by Gasteiger charge is 2.16. The molecule has 2 rings (SSSR count). The van der Waals surface area contributed by atoms with E-state index in [0.717, 1.165) is 31.5 Å². The second-order valence-electron chi connectivity index (χ2n) is 5.99. The van der Waals surface area contributed by atoms with Crippen LogP contribution in [0.25, 0.3) is 0 Å². The number of piperidine rings is 1. The molecular formula is C18H30N2O. The highest BCUT2D eigenvalue weighted by molar-refractivity contribution is 5.27. The molecule has 1 aliphatic rings. The summed E-state index contributed by atoms with van der Waals surface area (Å²) < 4.78 is 5.46. The van der Waals surface area contributed by atoms with E-state index in [1.165, 1.54) is 44.3 Å². The summed E-state index contributed by atoms with van der Waals surface area (Å²) in [5.74, 6) is 0.959. The van der Waals surface area contributed by atoms with Crippen molar-refractivity contribution in [2.24, 2.45) is 0 Å². The molecule has 0 amide bonds. The van der Waals surface area contributed by atoms with Crippen LogP contribution in [0.5, 0.6) is 5.75 Å². The van der Waals surface area contributed by atoms with Crippen LogP contribution in [0.3, 0.4) is 0 Å². The van der Waals surface area contributed by atoms with Gasteiger partial charge in [-0.05, 0) is 70.4 Å². The van der Waals surface area contributed by atoms with Crippen molar-refractivity contribution in [3.8, 4) is 5.75 Å². The molecule has 0 spiro atoms. The van der Waals surface area contributed by atoms with E-state index in [9.17, 15) is 0 Å². The van der Waals surface area contributed by atoms with Gasteiger partial charge in [0.05, 0.1) is 6.61 Å². The Morgan fingerprint density at radius 3 is 2.76 bits per heavy atom. The van der Waals surface area contributed by atoms with Crippen LogP contribution in [0, 0.1) is 0 Å². The van der Waals surface area contributed by atoms with Crippen LogP contribution in [-0.2, 0) is 6.54 Å². The monoisotopic (exact) mass is 290 g/mol. The van der Waals surface area contributed by atoms with Gasteiger partial charge >= 0.3 is 0 Å². The number of nitrogens with one attached hydrogen (secondary N) is 1. The molecule has 1 N–H and O–H groups in total. The second-order valence-corrected chi connectivity index (χ2v) is 5.99. The van der Waals surface area contributed by atoms with Crippen LogP contribution in [0.1, 0.15) is 45.1 Å². The second kappa shape index (κ2) is 9.06. The lowest BCUT2D eigenvalue weighted by atomic mass is 10.0. The van der Waals surface area contributed by atoms with E-state index in [4.69, 9.17) is 4.74 Å². The number of benzene rings is 1. The lowest BCUT2D eigenvalue weighted by Crippen LogP contribution is -2.38. The van der Waals surface area contributed by atoms with Crippen LogP contribution in [0.15, 0.2) is 24.3 Å². The van der Waals surface area contributed by atoms with E-state index < -0.39 is 0 Å². The molecule has 0 aliphatic carbocycles. The Labute approximate surface area is 129 Å². The minimum Gasteiger partial charge on any atom is -0.494 e. The largest absolute Gasteiger partial charge is 0.494 e. The number of nitrogens with zero attached hydrogens (tertiary/aromatic N) is 1. The Kier molecular flexibility index (Phi) is 7.04. The summed E-state index contributed by atoms with van der Waals surface area (Å²) in [6.45, 7) is 9.67. The molecule has 1 atom stereocenters. The third kappa shape index (κ3) is 5.68. The molecule has 0 bridgehead atoms. The number of rotatable bonds is 8. The molecule has 0 saturated carbocycles. The summed E-state index contributed by atoms with van der Waals surface area (Å²) in [6.07, 6.45) is 5.40. The van der Waals surface area contributed by atoms with E-state index in [-0.39, 0.29) is 0 Å². The zero-order valence-electron chi connectivity index (χ0n) is 13.6. The predicted octanol–water partition coefficient (Wildman–Crippen LogP) is 3.44. The smallest absolute Gasteiger partial charge is 0.119 e. The van der Waals surface area contributed by atoms with E-state index in [2.05, 4.69) is 41.4 Å². The first-order valence-electron chi connectivity index (χ1n) is 8.46. The van der Waals surface area contributed by atoms with Crippen molar-refractivity contribution in [2.45, 2.75) is 52.1 Å². The molecule has 0 aromatic heterocycles. The van der Waals surface area contributed by atoms with Gasteiger partial charge < -0.3 is 15.0 Å². The zero-order valence-corrected chi connectivity index (χ0v) is 13.6. The van der Waals surface area contributed by atoms with Gasteiger partial charge in [-0.1, -0.05) is 18.6 Å². The molecule has 1 unspecified atom stereocenters. The number of hydrogen-bond donors (Lipinski definition) is 1. The maximum atomic E-state index is 5.46. The summed E-state index contributed by atoms with van der Waals surface area (Å²) >= 11 is 0.